The van der Waals surface area contributed by atoms with Gasteiger partial charge in [0, 0.05) is 13.5 Å². The molecule has 0 aromatic rings. The van der Waals surface area contributed by atoms with E-state index in [0.717, 1.165) is 0 Å². The van der Waals surface area contributed by atoms with E-state index >= 15 is 0 Å². The number of ether oxygens (including phenoxy) is 3. The van der Waals surface area contributed by atoms with Gasteiger partial charge in [0.05, 0.1) is 19.3 Å². The fourth-order valence-electron chi connectivity index (χ4n) is 0.985. The first-order valence-corrected chi connectivity index (χ1v) is 3.70. The van der Waals surface area contributed by atoms with E-state index in [1.165, 1.54) is 13.2 Å². The zero-order valence-electron chi connectivity index (χ0n) is 7.20. The lowest BCUT2D eigenvalue weighted by atomic mass is 10.2. The highest BCUT2D eigenvalue weighted by Crippen LogP contribution is 2.18. The molecule has 1 saturated heterocycles. The Bertz CT molecular complexity index is 197. The predicted octanol–water partition coefficient (Wildman–Crippen LogP) is 0.479. The van der Waals surface area contributed by atoms with Gasteiger partial charge in [-0.05, 0) is 0 Å². The van der Waals surface area contributed by atoms with Crippen molar-refractivity contribution >= 4 is 5.97 Å². The molecular weight excluding hydrogens is 160 g/mol. The first-order valence-electron chi connectivity index (χ1n) is 3.70. The second kappa shape index (κ2) is 4.11. The molecule has 0 radical (unpaired) electrons. The fourth-order valence-corrected chi connectivity index (χ4v) is 0.985. The quantitative estimate of drug-likeness (QED) is 0.449. The Morgan fingerprint density at radius 1 is 1.67 bits per heavy atom. The van der Waals surface area contributed by atoms with Gasteiger partial charge in [-0.3, -0.25) is 0 Å². The molecule has 0 amide bonds. The van der Waals surface area contributed by atoms with Gasteiger partial charge in [0.15, 0.2) is 0 Å². The van der Waals surface area contributed by atoms with Crippen molar-refractivity contribution in [3.63, 3.8) is 0 Å². The van der Waals surface area contributed by atoms with Crippen LogP contribution in [0.3, 0.4) is 0 Å². The number of carbonyl (C=O) groups is 1. The molecule has 0 aromatic carbocycles. The molecule has 1 rings (SSSR count). The van der Waals surface area contributed by atoms with Crippen LogP contribution < -0.4 is 0 Å². The molecular formula is C8H12O4. The molecule has 1 fully saturated rings. The van der Waals surface area contributed by atoms with E-state index in [1.54, 1.807) is 7.11 Å². The van der Waals surface area contributed by atoms with Gasteiger partial charge in [-0.25, -0.2) is 4.79 Å². The van der Waals surface area contributed by atoms with Crippen molar-refractivity contribution in [1.82, 2.24) is 0 Å². The number of esters is 1. The lowest BCUT2D eigenvalue weighted by Crippen LogP contribution is -2.07. The highest BCUT2D eigenvalue weighted by Gasteiger charge is 2.20. The van der Waals surface area contributed by atoms with Crippen LogP contribution in [0.1, 0.15) is 6.42 Å². The van der Waals surface area contributed by atoms with Crippen LogP contribution in [-0.2, 0) is 19.0 Å². The van der Waals surface area contributed by atoms with E-state index in [2.05, 4.69) is 4.74 Å². The second-order valence-corrected chi connectivity index (χ2v) is 2.51. The Morgan fingerprint density at radius 3 is 2.92 bits per heavy atom. The number of hydrogen-bond donors (Lipinski definition) is 0. The zero-order valence-corrected chi connectivity index (χ0v) is 7.20. The molecule has 12 heavy (non-hydrogen) atoms. The third-order valence-electron chi connectivity index (χ3n) is 1.70. The maximum Gasteiger partial charge on any atom is 0.333 e. The summed E-state index contributed by atoms with van der Waals surface area (Å²) in [5.74, 6) is 0.246. The lowest BCUT2D eigenvalue weighted by Gasteiger charge is -1.99. The highest BCUT2D eigenvalue weighted by molar-refractivity contribution is 5.82. The maximum absolute atomic E-state index is 10.7. The molecule has 0 bridgehead atoms. The summed E-state index contributed by atoms with van der Waals surface area (Å²) in [5.41, 5.74) is 0. The minimum Gasteiger partial charge on any atom is -0.495 e. The minimum atomic E-state index is -0.387. The monoisotopic (exact) mass is 172 g/mol. The molecule has 4 nitrogen and oxygen atoms in total. The SMILES string of the molecule is COC(=O)/C=C1\C[C@H](OC)CO1. The van der Waals surface area contributed by atoms with E-state index in [-0.39, 0.29) is 12.1 Å². The first-order chi connectivity index (χ1) is 5.76. The Hall–Kier alpha value is -1.03. The van der Waals surface area contributed by atoms with Gasteiger partial charge < -0.3 is 14.2 Å². The van der Waals surface area contributed by atoms with Crippen LogP contribution in [0, 0.1) is 0 Å². The topological polar surface area (TPSA) is 44.8 Å². The summed E-state index contributed by atoms with van der Waals surface area (Å²) in [5, 5.41) is 0. The van der Waals surface area contributed by atoms with E-state index in [0.29, 0.717) is 18.8 Å². The van der Waals surface area contributed by atoms with Gasteiger partial charge in [0.25, 0.3) is 0 Å². The van der Waals surface area contributed by atoms with Gasteiger partial charge in [-0.15, -0.1) is 0 Å². The lowest BCUT2D eigenvalue weighted by molar-refractivity contribution is -0.135. The molecule has 68 valence electrons. The number of hydrogen-bond acceptors (Lipinski definition) is 4. The van der Waals surface area contributed by atoms with Crippen molar-refractivity contribution in [1.29, 1.82) is 0 Å². The van der Waals surface area contributed by atoms with Crippen molar-refractivity contribution in [2.24, 2.45) is 0 Å². The Morgan fingerprint density at radius 2 is 2.42 bits per heavy atom. The molecule has 1 heterocycles. The zero-order chi connectivity index (χ0) is 8.97. The molecule has 0 spiro atoms. The van der Waals surface area contributed by atoms with E-state index in [4.69, 9.17) is 9.47 Å². The van der Waals surface area contributed by atoms with Crippen LogP contribution in [-0.4, -0.2) is 32.9 Å². The number of methoxy groups -OCH3 is 2. The standard InChI is InChI=1S/C8H12O4/c1-10-7-3-6(12-5-7)4-8(9)11-2/h4,7H,3,5H2,1-2H3/b6-4+/t7-/m0/s1. The minimum absolute atomic E-state index is 0.0703. The summed E-state index contributed by atoms with van der Waals surface area (Å²) in [4.78, 5) is 10.7. The maximum atomic E-state index is 10.7. The summed E-state index contributed by atoms with van der Waals surface area (Å²) in [7, 11) is 2.96. The third kappa shape index (κ3) is 2.23. The average molecular weight is 172 g/mol. The molecule has 4 heteroatoms. The van der Waals surface area contributed by atoms with E-state index in [9.17, 15) is 4.79 Å². The van der Waals surface area contributed by atoms with Gasteiger partial charge >= 0.3 is 5.97 Å². The molecule has 0 unspecified atom stereocenters. The largest absolute Gasteiger partial charge is 0.495 e. The van der Waals surface area contributed by atoms with Crippen molar-refractivity contribution in [3.8, 4) is 0 Å². The molecule has 1 aliphatic rings. The smallest absolute Gasteiger partial charge is 0.333 e. The van der Waals surface area contributed by atoms with Crippen LogP contribution in [0.2, 0.25) is 0 Å². The molecule has 1 atom stereocenters. The Labute approximate surface area is 71.1 Å². The van der Waals surface area contributed by atoms with Crippen LogP contribution >= 0.6 is 0 Å². The molecule has 0 aliphatic carbocycles. The average Bonchev–Trinajstić information content (AvgIpc) is 2.52. The normalized spacial score (nSPS) is 25.5. The summed E-state index contributed by atoms with van der Waals surface area (Å²) < 4.78 is 14.6. The van der Waals surface area contributed by atoms with Gasteiger partial charge in [-0.1, -0.05) is 0 Å². The Balaban J connectivity index is 2.45. The van der Waals surface area contributed by atoms with Crippen molar-refractivity contribution < 1.29 is 19.0 Å². The van der Waals surface area contributed by atoms with Crippen LogP contribution in [0.4, 0.5) is 0 Å². The van der Waals surface area contributed by atoms with Crippen LogP contribution in [0.5, 0.6) is 0 Å². The van der Waals surface area contributed by atoms with Crippen molar-refractivity contribution in [3.05, 3.63) is 11.8 Å². The van der Waals surface area contributed by atoms with E-state index in [1.807, 2.05) is 0 Å². The molecule has 0 saturated carbocycles. The highest BCUT2D eigenvalue weighted by atomic mass is 16.5. The summed E-state index contributed by atoms with van der Waals surface area (Å²) in [6.45, 7) is 0.513. The predicted molar refractivity (Wildman–Crippen MR) is 41.5 cm³/mol. The third-order valence-corrected chi connectivity index (χ3v) is 1.70. The summed E-state index contributed by atoms with van der Waals surface area (Å²) >= 11 is 0. The van der Waals surface area contributed by atoms with E-state index < -0.39 is 0 Å². The summed E-state index contributed by atoms with van der Waals surface area (Å²) in [6.07, 6.45) is 2.06. The number of rotatable bonds is 2. The van der Waals surface area contributed by atoms with Crippen molar-refractivity contribution in [2.45, 2.75) is 12.5 Å². The van der Waals surface area contributed by atoms with Gasteiger partial charge in [0.2, 0.25) is 0 Å². The second-order valence-electron chi connectivity index (χ2n) is 2.51. The molecule has 0 N–H and O–H groups in total. The summed E-state index contributed by atoms with van der Waals surface area (Å²) in [6, 6.07) is 0. The van der Waals surface area contributed by atoms with Crippen molar-refractivity contribution in [2.75, 3.05) is 20.8 Å². The van der Waals surface area contributed by atoms with Crippen LogP contribution in [0.25, 0.3) is 0 Å². The van der Waals surface area contributed by atoms with Gasteiger partial charge in [-0.2, -0.15) is 0 Å². The fraction of sp³-hybridized carbons (Fsp3) is 0.625. The molecule has 1 aliphatic heterocycles. The van der Waals surface area contributed by atoms with Crippen LogP contribution in [0.15, 0.2) is 11.8 Å². The molecule has 0 aromatic heterocycles. The van der Waals surface area contributed by atoms with Gasteiger partial charge in [0.1, 0.15) is 12.4 Å². The first kappa shape index (κ1) is 9.06. The number of carbonyl (C=O) groups excluding carboxylic acids is 1. The Kier molecular flexibility index (Phi) is 3.10.